The van der Waals surface area contributed by atoms with Crippen molar-refractivity contribution in [1.82, 2.24) is 0 Å². The highest BCUT2D eigenvalue weighted by Crippen LogP contribution is 2.29. The molecule has 0 amide bonds. The van der Waals surface area contributed by atoms with Crippen LogP contribution in [-0.4, -0.2) is 38.8 Å². The van der Waals surface area contributed by atoms with Gasteiger partial charge < -0.3 is 14.5 Å². The summed E-state index contributed by atoms with van der Waals surface area (Å²) in [5.41, 5.74) is 1.10. The van der Waals surface area contributed by atoms with E-state index < -0.39 is 23.4 Å². The molecule has 1 heterocycles. The summed E-state index contributed by atoms with van der Waals surface area (Å²) in [6, 6.07) is 7.41. The topological polar surface area (TPSA) is 32.8 Å². The van der Waals surface area contributed by atoms with Crippen LogP contribution in [0.3, 0.4) is 0 Å². The highest BCUT2D eigenvalue weighted by Gasteiger charge is 2.23. The van der Waals surface area contributed by atoms with Gasteiger partial charge in [0.25, 0.3) is 0 Å². The average Bonchev–Trinajstić information content (AvgIpc) is 2.67. The molecule has 1 aliphatic rings. The lowest BCUT2D eigenvalue weighted by molar-refractivity contribution is -0.142. The second kappa shape index (κ2) is 8.73. The monoisotopic (exact) mass is 412 g/mol. The molecule has 0 N–H and O–H groups in total. The fraction of sp³-hybridized carbons (Fsp3) is 0.350. The zero-order chi connectivity index (χ0) is 20.3. The van der Waals surface area contributed by atoms with Crippen molar-refractivity contribution in [3.05, 3.63) is 58.4 Å². The summed E-state index contributed by atoms with van der Waals surface area (Å²) in [4.78, 5) is 15.1. The normalized spacial score (nSPS) is 14.3. The Morgan fingerprint density at radius 2 is 1.61 bits per heavy atom. The first-order valence-corrected chi connectivity index (χ1v) is 9.36. The SMILES string of the molecule is CCOC(=O)Cc1ccc(N2CCN(c3ccc(Cl)c(F)c3F)CC2)c(F)c1. The summed E-state index contributed by atoms with van der Waals surface area (Å²) in [7, 11) is 0. The molecule has 0 atom stereocenters. The number of nitrogens with zero attached hydrogens (tertiary/aromatic N) is 2. The lowest BCUT2D eigenvalue weighted by Gasteiger charge is -2.37. The van der Waals surface area contributed by atoms with Crippen LogP contribution in [0.1, 0.15) is 12.5 Å². The van der Waals surface area contributed by atoms with Crippen molar-refractivity contribution < 1.29 is 22.7 Å². The Labute approximate surface area is 166 Å². The number of hydrogen-bond donors (Lipinski definition) is 0. The van der Waals surface area contributed by atoms with E-state index >= 15 is 0 Å². The summed E-state index contributed by atoms with van der Waals surface area (Å²) < 4.78 is 47.2. The first-order chi connectivity index (χ1) is 13.4. The number of carbonyl (C=O) groups excluding carboxylic acids is 1. The van der Waals surface area contributed by atoms with E-state index in [4.69, 9.17) is 16.3 Å². The maximum absolute atomic E-state index is 14.5. The molecule has 0 saturated carbocycles. The molecule has 28 heavy (non-hydrogen) atoms. The Hall–Kier alpha value is -2.41. The lowest BCUT2D eigenvalue weighted by Crippen LogP contribution is -2.47. The van der Waals surface area contributed by atoms with Crippen LogP contribution in [0, 0.1) is 17.5 Å². The van der Waals surface area contributed by atoms with Crippen LogP contribution < -0.4 is 9.80 Å². The zero-order valence-electron chi connectivity index (χ0n) is 15.4. The summed E-state index contributed by atoms with van der Waals surface area (Å²) in [5, 5.41) is -0.259. The first kappa shape index (κ1) is 20.3. The second-order valence-corrected chi connectivity index (χ2v) is 6.84. The third-order valence-corrected chi connectivity index (χ3v) is 4.93. The van der Waals surface area contributed by atoms with Gasteiger partial charge in [0.2, 0.25) is 0 Å². The molecule has 0 aromatic heterocycles. The van der Waals surface area contributed by atoms with Gasteiger partial charge in [-0.15, -0.1) is 0 Å². The summed E-state index contributed by atoms with van der Waals surface area (Å²) in [5.74, 6) is -2.88. The van der Waals surface area contributed by atoms with E-state index in [1.54, 1.807) is 24.0 Å². The van der Waals surface area contributed by atoms with E-state index in [1.807, 2.05) is 4.90 Å². The molecule has 1 saturated heterocycles. The highest BCUT2D eigenvalue weighted by molar-refractivity contribution is 6.30. The fourth-order valence-electron chi connectivity index (χ4n) is 3.24. The van der Waals surface area contributed by atoms with E-state index in [2.05, 4.69) is 0 Å². The Morgan fingerprint density at radius 1 is 1.00 bits per heavy atom. The minimum atomic E-state index is -1.06. The molecule has 1 aliphatic heterocycles. The van der Waals surface area contributed by atoms with Crippen LogP contribution in [0.4, 0.5) is 24.5 Å². The van der Waals surface area contributed by atoms with Gasteiger partial charge in [-0.25, -0.2) is 13.2 Å². The molecule has 2 aromatic carbocycles. The van der Waals surface area contributed by atoms with Crippen molar-refractivity contribution in [2.24, 2.45) is 0 Å². The first-order valence-electron chi connectivity index (χ1n) is 8.98. The Bertz CT molecular complexity index is 871. The molecule has 3 rings (SSSR count). The van der Waals surface area contributed by atoms with E-state index in [1.165, 1.54) is 18.2 Å². The van der Waals surface area contributed by atoms with Crippen molar-refractivity contribution in [2.75, 3.05) is 42.6 Å². The van der Waals surface area contributed by atoms with Gasteiger partial charge in [-0.1, -0.05) is 17.7 Å². The molecular weight excluding hydrogens is 393 g/mol. The van der Waals surface area contributed by atoms with Gasteiger partial charge in [0.05, 0.1) is 29.4 Å². The van der Waals surface area contributed by atoms with Crippen molar-refractivity contribution in [3.63, 3.8) is 0 Å². The predicted molar refractivity (Wildman–Crippen MR) is 103 cm³/mol. The fourth-order valence-corrected chi connectivity index (χ4v) is 3.39. The Morgan fingerprint density at radius 3 is 2.21 bits per heavy atom. The van der Waals surface area contributed by atoms with Gasteiger partial charge in [-0.3, -0.25) is 4.79 Å². The van der Waals surface area contributed by atoms with Crippen LogP contribution in [0.25, 0.3) is 0 Å². The third kappa shape index (κ3) is 4.35. The number of hydrogen-bond acceptors (Lipinski definition) is 4. The van der Waals surface area contributed by atoms with Gasteiger partial charge in [-0.05, 0) is 36.8 Å². The minimum Gasteiger partial charge on any atom is -0.466 e. The van der Waals surface area contributed by atoms with E-state index in [9.17, 15) is 18.0 Å². The van der Waals surface area contributed by atoms with Gasteiger partial charge >= 0.3 is 5.97 Å². The summed E-state index contributed by atoms with van der Waals surface area (Å²) >= 11 is 5.59. The van der Waals surface area contributed by atoms with Crippen molar-refractivity contribution in [1.29, 1.82) is 0 Å². The number of anilines is 2. The number of rotatable bonds is 5. The molecule has 0 spiro atoms. The second-order valence-electron chi connectivity index (χ2n) is 6.44. The number of piperazine rings is 1. The lowest BCUT2D eigenvalue weighted by atomic mass is 10.1. The summed E-state index contributed by atoms with van der Waals surface area (Å²) in [6.07, 6.45) is 0.0141. The van der Waals surface area contributed by atoms with E-state index in [0.29, 0.717) is 37.4 Å². The number of esters is 1. The van der Waals surface area contributed by atoms with Crippen LogP contribution in [0.2, 0.25) is 5.02 Å². The zero-order valence-corrected chi connectivity index (χ0v) is 16.1. The van der Waals surface area contributed by atoms with Crippen molar-refractivity contribution in [2.45, 2.75) is 13.3 Å². The van der Waals surface area contributed by atoms with E-state index in [0.717, 1.165) is 0 Å². The molecule has 0 radical (unpaired) electrons. The number of halogens is 4. The summed E-state index contributed by atoms with van der Waals surface area (Å²) in [6.45, 7) is 3.69. The van der Waals surface area contributed by atoms with Gasteiger partial charge in [0.1, 0.15) is 5.82 Å². The molecule has 2 aromatic rings. The van der Waals surface area contributed by atoms with Crippen LogP contribution in [0.5, 0.6) is 0 Å². The molecule has 4 nitrogen and oxygen atoms in total. The Balaban J connectivity index is 1.66. The molecular formula is C20H20ClF3N2O2. The predicted octanol–water partition coefficient (Wildman–Crippen LogP) is 4.19. The molecule has 1 fully saturated rings. The van der Waals surface area contributed by atoms with Crippen molar-refractivity contribution in [3.8, 4) is 0 Å². The van der Waals surface area contributed by atoms with Gasteiger partial charge in [0, 0.05) is 26.2 Å². The molecule has 0 bridgehead atoms. The van der Waals surface area contributed by atoms with Crippen LogP contribution >= 0.6 is 11.6 Å². The van der Waals surface area contributed by atoms with Crippen LogP contribution in [0.15, 0.2) is 30.3 Å². The maximum Gasteiger partial charge on any atom is 0.310 e. The van der Waals surface area contributed by atoms with Crippen molar-refractivity contribution >= 4 is 28.9 Å². The van der Waals surface area contributed by atoms with E-state index in [-0.39, 0.29) is 23.7 Å². The molecule has 0 aliphatic carbocycles. The maximum atomic E-state index is 14.5. The number of carbonyl (C=O) groups is 1. The quantitative estimate of drug-likeness (QED) is 0.544. The molecule has 8 heteroatoms. The number of benzene rings is 2. The van der Waals surface area contributed by atoms with Gasteiger partial charge in [0.15, 0.2) is 11.6 Å². The largest absolute Gasteiger partial charge is 0.466 e. The smallest absolute Gasteiger partial charge is 0.310 e. The standard InChI is InChI=1S/C20H20ClF3N2O2/c1-2-28-18(27)12-13-3-5-16(15(22)11-13)25-7-9-26(10-8-25)17-6-4-14(21)19(23)20(17)24/h3-6,11H,2,7-10,12H2,1H3. The molecule has 150 valence electrons. The van der Waals surface area contributed by atoms with Crippen LogP contribution in [-0.2, 0) is 16.0 Å². The average molecular weight is 413 g/mol. The van der Waals surface area contributed by atoms with Gasteiger partial charge in [-0.2, -0.15) is 0 Å². The minimum absolute atomic E-state index is 0.0141. The number of ether oxygens (including phenoxy) is 1. The highest BCUT2D eigenvalue weighted by atomic mass is 35.5. The third-order valence-electron chi connectivity index (χ3n) is 4.64. The Kier molecular flexibility index (Phi) is 6.34. The molecule has 0 unspecified atom stereocenters.